The second-order valence-corrected chi connectivity index (χ2v) is 7.69. The molecule has 0 saturated carbocycles. The van der Waals surface area contributed by atoms with Gasteiger partial charge in [0.1, 0.15) is 17.1 Å². The lowest BCUT2D eigenvalue weighted by atomic mass is 9.94. The number of nitrogens with one attached hydrogen (secondary N) is 2. The molecule has 1 atom stereocenters. The molecule has 1 aliphatic heterocycles. The number of para-hydroxylation sites is 1. The number of allylic oxidation sites excluding steroid dienone is 2. The molecule has 0 aromatic heterocycles. The van der Waals surface area contributed by atoms with Crippen molar-refractivity contribution in [2.45, 2.75) is 27.7 Å². The number of ether oxygens (including phenoxy) is 1. The van der Waals surface area contributed by atoms with Crippen LogP contribution in [0.4, 0.5) is 17.1 Å². The molecular formula is C24H31N3O5. The van der Waals surface area contributed by atoms with Crippen LogP contribution in [0.2, 0.25) is 0 Å². The lowest BCUT2D eigenvalue weighted by Crippen LogP contribution is -2.37. The summed E-state index contributed by atoms with van der Waals surface area (Å²) in [5.41, 5.74) is -0.940. The Labute approximate surface area is 187 Å². The lowest BCUT2D eigenvalue weighted by molar-refractivity contribution is 0.0824. The third-order valence-electron chi connectivity index (χ3n) is 4.95. The molecule has 0 saturated heterocycles. The van der Waals surface area contributed by atoms with Gasteiger partial charge < -0.3 is 25.4 Å². The number of phenolic OH excluding ortho intramolecular Hbond substituents is 1. The maximum absolute atomic E-state index is 12.2. The molecule has 2 aromatic rings. The first-order valence-electron chi connectivity index (χ1n) is 10.6. The van der Waals surface area contributed by atoms with Crippen molar-refractivity contribution >= 4 is 23.0 Å². The Hall–Kier alpha value is -3.55. The molecule has 0 fully saturated rings. The minimum Gasteiger partial charge on any atom is -0.505 e. The first kappa shape index (κ1) is 24.7. The van der Waals surface area contributed by atoms with Gasteiger partial charge in [-0.25, -0.2) is 0 Å². The van der Waals surface area contributed by atoms with Crippen LogP contribution in [-0.4, -0.2) is 36.6 Å². The van der Waals surface area contributed by atoms with E-state index >= 15 is 0 Å². The normalized spacial score (nSPS) is 14.8. The standard InChI is InChI=1S/C22H25N3O5.C2H6/c1-12(2)13-8-9-30-14(10-13)11-23-17-18(21(28)20(17)27)24-16-7-5-6-15(19(16)26)22(29)25(3)4;1-2/h5-10,12-13,23-24,26H,11H2,1-4H3;1-2H3. The highest BCUT2D eigenvalue weighted by Gasteiger charge is 2.24. The average molecular weight is 442 g/mol. The summed E-state index contributed by atoms with van der Waals surface area (Å²) in [6.45, 7) is 8.43. The number of carbonyl (C=O) groups excluding carboxylic acids is 1. The van der Waals surface area contributed by atoms with Crippen molar-refractivity contribution in [1.29, 1.82) is 0 Å². The van der Waals surface area contributed by atoms with Gasteiger partial charge in [0.2, 0.25) is 0 Å². The molecule has 8 heteroatoms. The fraction of sp³-hybridized carbons (Fsp3) is 0.375. The maximum Gasteiger partial charge on any atom is 0.257 e. The number of hydrogen-bond acceptors (Lipinski definition) is 7. The number of anilines is 3. The first-order valence-corrected chi connectivity index (χ1v) is 10.6. The maximum atomic E-state index is 12.2. The molecule has 3 N–H and O–H groups in total. The van der Waals surface area contributed by atoms with E-state index < -0.39 is 10.9 Å². The summed E-state index contributed by atoms with van der Waals surface area (Å²) in [7, 11) is 3.14. The molecule has 1 aliphatic rings. The van der Waals surface area contributed by atoms with Gasteiger partial charge in [-0.2, -0.15) is 0 Å². The van der Waals surface area contributed by atoms with E-state index in [1.54, 1.807) is 26.4 Å². The number of aromatic hydroxyl groups is 1. The summed E-state index contributed by atoms with van der Waals surface area (Å²) in [4.78, 5) is 37.7. The highest BCUT2D eigenvalue weighted by molar-refractivity contribution is 5.99. The molecule has 1 heterocycles. The van der Waals surface area contributed by atoms with Gasteiger partial charge in [0.15, 0.2) is 5.75 Å². The minimum atomic E-state index is -0.695. The van der Waals surface area contributed by atoms with E-state index in [4.69, 9.17) is 4.74 Å². The van der Waals surface area contributed by atoms with Crippen LogP contribution < -0.4 is 21.5 Å². The number of hydrogen-bond donors (Lipinski definition) is 3. The number of carbonyl (C=O) groups is 1. The van der Waals surface area contributed by atoms with Crippen molar-refractivity contribution in [3.8, 4) is 5.75 Å². The van der Waals surface area contributed by atoms with E-state index in [-0.39, 0.29) is 46.7 Å². The number of rotatable bonds is 7. The van der Waals surface area contributed by atoms with E-state index in [1.165, 1.54) is 17.0 Å². The highest BCUT2D eigenvalue weighted by atomic mass is 16.5. The van der Waals surface area contributed by atoms with Gasteiger partial charge in [0.25, 0.3) is 16.8 Å². The number of amides is 1. The van der Waals surface area contributed by atoms with Crippen molar-refractivity contribution in [1.82, 2.24) is 4.90 Å². The van der Waals surface area contributed by atoms with Crippen LogP contribution in [0.15, 0.2) is 52.0 Å². The molecule has 3 rings (SSSR count). The summed E-state index contributed by atoms with van der Waals surface area (Å²) >= 11 is 0. The third kappa shape index (κ3) is 5.19. The topological polar surface area (TPSA) is 108 Å². The molecule has 172 valence electrons. The van der Waals surface area contributed by atoms with Gasteiger partial charge in [-0.1, -0.05) is 33.8 Å². The van der Waals surface area contributed by atoms with Gasteiger partial charge >= 0.3 is 0 Å². The molecule has 0 bridgehead atoms. The van der Waals surface area contributed by atoms with Gasteiger partial charge in [-0.15, -0.1) is 0 Å². The van der Waals surface area contributed by atoms with Crippen molar-refractivity contribution in [2.75, 3.05) is 31.3 Å². The Kier molecular flexibility index (Phi) is 8.23. The monoisotopic (exact) mass is 441 g/mol. The Balaban J connectivity index is 0.00000176. The van der Waals surface area contributed by atoms with Gasteiger partial charge in [0, 0.05) is 20.0 Å². The van der Waals surface area contributed by atoms with Gasteiger partial charge in [-0.3, -0.25) is 14.4 Å². The molecule has 1 amide bonds. The van der Waals surface area contributed by atoms with Crippen LogP contribution in [-0.2, 0) is 4.74 Å². The smallest absolute Gasteiger partial charge is 0.257 e. The number of benzene rings is 1. The minimum absolute atomic E-state index is 0.0390. The average Bonchev–Trinajstić information content (AvgIpc) is 2.80. The fourth-order valence-corrected chi connectivity index (χ4v) is 3.09. The number of nitrogens with zero attached hydrogens (tertiary/aromatic N) is 1. The van der Waals surface area contributed by atoms with E-state index in [2.05, 4.69) is 24.5 Å². The Morgan fingerprint density at radius 1 is 1.16 bits per heavy atom. The first-order chi connectivity index (χ1) is 15.2. The zero-order chi connectivity index (χ0) is 24.0. The van der Waals surface area contributed by atoms with Crippen molar-refractivity contribution in [2.24, 2.45) is 11.8 Å². The van der Waals surface area contributed by atoms with Crippen LogP contribution in [0, 0.1) is 11.8 Å². The van der Waals surface area contributed by atoms with Crippen LogP contribution in [0.5, 0.6) is 5.75 Å². The quantitative estimate of drug-likeness (QED) is 0.445. The largest absolute Gasteiger partial charge is 0.505 e. The molecular weight excluding hydrogens is 410 g/mol. The predicted molar refractivity (Wildman–Crippen MR) is 127 cm³/mol. The van der Waals surface area contributed by atoms with Gasteiger partial charge in [0.05, 0.1) is 24.1 Å². The molecule has 2 aromatic carbocycles. The van der Waals surface area contributed by atoms with Crippen molar-refractivity contribution in [3.05, 3.63) is 68.4 Å². The summed E-state index contributed by atoms with van der Waals surface area (Å²) in [6.07, 6.45) is 5.55. The molecule has 32 heavy (non-hydrogen) atoms. The highest BCUT2D eigenvalue weighted by Crippen LogP contribution is 2.32. The fourth-order valence-electron chi connectivity index (χ4n) is 3.09. The van der Waals surface area contributed by atoms with Crippen LogP contribution in [0.3, 0.4) is 0 Å². The Bertz CT molecular complexity index is 1090. The zero-order valence-corrected chi connectivity index (χ0v) is 19.4. The van der Waals surface area contributed by atoms with Gasteiger partial charge in [-0.05, 0) is 30.2 Å². The molecule has 1 unspecified atom stereocenters. The third-order valence-corrected chi connectivity index (χ3v) is 4.95. The summed E-state index contributed by atoms with van der Waals surface area (Å²) in [5, 5.41) is 16.2. The van der Waals surface area contributed by atoms with E-state index in [0.29, 0.717) is 11.7 Å². The summed E-state index contributed by atoms with van der Waals surface area (Å²) in [5.74, 6) is 0.613. The zero-order valence-electron chi connectivity index (χ0n) is 19.4. The van der Waals surface area contributed by atoms with Crippen LogP contribution >= 0.6 is 0 Å². The second kappa shape index (κ2) is 10.7. The molecule has 0 spiro atoms. The Morgan fingerprint density at radius 3 is 2.44 bits per heavy atom. The molecule has 0 radical (unpaired) electrons. The van der Waals surface area contributed by atoms with Crippen molar-refractivity contribution < 1.29 is 14.6 Å². The van der Waals surface area contributed by atoms with E-state index in [0.717, 1.165) is 0 Å². The van der Waals surface area contributed by atoms with Crippen molar-refractivity contribution in [3.63, 3.8) is 0 Å². The van der Waals surface area contributed by atoms with E-state index in [9.17, 15) is 19.5 Å². The molecule has 8 nitrogen and oxygen atoms in total. The van der Waals surface area contributed by atoms with Crippen LogP contribution in [0.25, 0.3) is 0 Å². The SMILES string of the molecule is CC.CC(C)C1C=COC(CNc2c(Nc3cccc(C(=O)N(C)C)c3O)c(=O)c2=O)=C1. The Morgan fingerprint density at radius 2 is 1.81 bits per heavy atom. The number of phenols is 1. The van der Waals surface area contributed by atoms with Crippen LogP contribution in [0.1, 0.15) is 38.1 Å². The lowest BCUT2D eigenvalue weighted by Gasteiger charge is -2.21. The predicted octanol–water partition coefficient (Wildman–Crippen LogP) is 3.57. The summed E-state index contributed by atoms with van der Waals surface area (Å²) in [6, 6.07) is 4.58. The summed E-state index contributed by atoms with van der Waals surface area (Å²) < 4.78 is 5.47. The molecule has 0 aliphatic carbocycles. The van der Waals surface area contributed by atoms with E-state index in [1.807, 2.05) is 26.0 Å². The second-order valence-electron chi connectivity index (χ2n) is 7.69.